The van der Waals surface area contributed by atoms with Crippen LogP contribution in [-0.4, -0.2) is 66.1 Å². The second kappa shape index (κ2) is 25.2. The van der Waals surface area contributed by atoms with Crippen LogP contribution in [0.2, 0.25) is 0 Å². The maximum absolute atomic E-state index is 6.25. The van der Waals surface area contributed by atoms with Crippen LogP contribution in [0.15, 0.2) is 205 Å². The number of fused-ring (bicyclic) bond motifs is 2. The van der Waals surface area contributed by atoms with Crippen LogP contribution in [0.25, 0.3) is 21.5 Å². The fourth-order valence-electron chi connectivity index (χ4n) is 12.8. The van der Waals surface area contributed by atoms with Gasteiger partial charge in [-0.25, -0.2) is 0 Å². The molecule has 8 nitrogen and oxygen atoms in total. The molecule has 4 atom stereocenters. The number of rotatable bonds is 28. The van der Waals surface area contributed by atoms with E-state index in [-0.39, 0.29) is 34.5 Å². The second-order valence-corrected chi connectivity index (χ2v) is 23.4. The number of nitrogens with zero attached hydrogens (tertiary/aromatic N) is 2. The monoisotopic (exact) mass is 1070 g/mol. The van der Waals surface area contributed by atoms with Crippen LogP contribution in [0.3, 0.4) is 0 Å². The number of benzene rings is 6. The molecule has 0 spiro atoms. The van der Waals surface area contributed by atoms with E-state index in [1.54, 1.807) is 0 Å². The van der Waals surface area contributed by atoms with E-state index in [2.05, 4.69) is 206 Å². The lowest BCUT2D eigenvalue weighted by atomic mass is 9.58. The van der Waals surface area contributed by atoms with Gasteiger partial charge >= 0.3 is 0 Å². The van der Waals surface area contributed by atoms with Crippen molar-refractivity contribution in [3.63, 3.8) is 0 Å². The summed E-state index contributed by atoms with van der Waals surface area (Å²) in [5.74, 6) is 0.787. The van der Waals surface area contributed by atoms with E-state index in [1.165, 1.54) is 55.2 Å². The molecule has 8 heteroatoms. The average Bonchev–Trinajstić information content (AvgIpc) is 3.58. The first-order valence-corrected chi connectivity index (χ1v) is 29.9. The van der Waals surface area contributed by atoms with Gasteiger partial charge in [0.2, 0.25) is 0 Å². The van der Waals surface area contributed by atoms with E-state index in [4.69, 9.17) is 28.4 Å². The van der Waals surface area contributed by atoms with E-state index >= 15 is 0 Å². The molecule has 0 aromatic heterocycles. The molecule has 12 rings (SSSR count). The minimum absolute atomic E-state index is 0.145. The average molecular weight is 1070 g/mol. The van der Waals surface area contributed by atoms with Gasteiger partial charge in [0.05, 0.1) is 52.9 Å². The lowest BCUT2D eigenvalue weighted by Gasteiger charge is -2.50. The lowest BCUT2D eigenvalue weighted by molar-refractivity contribution is -0.150. The lowest BCUT2D eigenvalue weighted by Crippen LogP contribution is -2.45. The molecule has 6 aromatic carbocycles. The first-order chi connectivity index (χ1) is 39.5. The van der Waals surface area contributed by atoms with Gasteiger partial charge in [-0.3, -0.25) is 0 Å². The molecule has 80 heavy (non-hydrogen) atoms. The number of anilines is 4. The van der Waals surface area contributed by atoms with Crippen molar-refractivity contribution in [2.45, 2.75) is 78.4 Å². The molecule has 2 fully saturated rings. The smallest absolute Gasteiger partial charge is 0.0716 e. The van der Waals surface area contributed by atoms with Crippen LogP contribution in [0.4, 0.5) is 22.7 Å². The molecule has 0 radical (unpaired) electrons. The van der Waals surface area contributed by atoms with Crippen LogP contribution < -0.4 is 9.80 Å². The first-order valence-electron chi connectivity index (χ1n) is 29.9. The van der Waals surface area contributed by atoms with E-state index < -0.39 is 0 Å². The number of hydrogen-bond donors (Lipinski definition) is 0. The molecule has 0 saturated carbocycles. The van der Waals surface area contributed by atoms with Gasteiger partial charge in [-0.05, 0) is 156 Å². The molecule has 4 unspecified atom stereocenters. The number of allylic oxidation sites excluding steroid dienone is 10. The highest BCUT2D eigenvalue weighted by molar-refractivity contribution is 5.89. The number of hydrogen-bond acceptors (Lipinski definition) is 8. The van der Waals surface area contributed by atoms with Crippen molar-refractivity contribution in [1.82, 2.24) is 0 Å². The fraction of sp³-hybridized carbons (Fsp3) is 0.389. The molecule has 414 valence electrons. The van der Waals surface area contributed by atoms with E-state index in [0.29, 0.717) is 13.2 Å². The van der Waals surface area contributed by atoms with Crippen LogP contribution in [-0.2, 0) is 41.6 Å². The highest BCUT2D eigenvalue weighted by Crippen LogP contribution is 2.56. The predicted molar refractivity (Wildman–Crippen MR) is 325 cm³/mol. The SMILES string of the molecule is CCC1(COCCCCCOCc2ccc(N(C3=CC=C4C=CC5C(N(c6ccc(COCCCCCOCC7(CC)COC7)cc6)c6ccc7ccccc7c6)=CC=C6C=CC3C4C65)c3ccc4ccccc4c3)cc2)COC1. The molecule has 6 aliphatic rings. The highest BCUT2D eigenvalue weighted by Gasteiger charge is 2.47. The van der Waals surface area contributed by atoms with Crippen molar-refractivity contribution in [1.29, 1.82) is 0 Å². The minimum atomic E-state index is 0.145. The summed E-state index contributed by atoms with van der Waals surface area (Å²) < 4.78 is 35.5. The number of unbranched alkanes of at least 4 members (excludes halogenated alkanes) is 4. The van der Waals surface area contributed by atoms with Crippen molar-refractivity contribution in [2.75, 3.05) is 75.9 Å². The summed E-state index contributed by atoms with van der Waals surface area (Å²) in [5.41, 5.74) is 12.8. The maximum Gasteiger partial charge on any atom is 0.0716 e. The zero-order chi connectivity index (χ0) is 54.1. The molecule has 2 saturated heterocycles. The molecule has 0 amide bonds. The Morgan fingerprint density at radius 1 is 0.425 bits per heavy atom. The van der Waals surface area contributed by atoms with Crippen LogP contribution in [0, 0.1) is 34.5 Å². The van der Waals surface area contributed by atoms with Gasteiger partial charge in [0.25, 0.3) is 0 Å². The summed E-state index contributed by atoms with van der Waals surface area (Å²) in [6.45, 7) is 13.7. The zero-order valence-corrected chi connectivity index (χ0v) is 47.1. The molecular formula is C72H80N2O6. The van der Waals surface area contributed by atoms with Crippen molar-refractivity contribution in [2.24, 2.45) is 34.5 Å². The summed E-state index contributed by atoms with van der Waals surface area (Å²) in [7, 11) is 0. The van der Waals surface area contributed by atoms with Crippen LogP contribution >= 0.6 is 0 Å². The Balaban J connectivity index is 0.747. The number of ether oxygens (including phenoxy) is 6. The Labute approximate surface area is 475 Å². The zero-order valence-electron chi connectivity index (χ0n) is 47.1. The fourth-order valence-corrected chi connectivity index (χ4v) is 12.8. The van der Waals surface area contributed by atoms with Gasteiger partial charge in [-0.15, -0.1) is 0 Å². The summed E-state index contributed by atoms with van der Waals surface area (Å²) >= 11 is 0. The molecule has 4 aliphatic carbocycles. The molecule has 0 bridgehead atoms. The summed E-state index contributed by atoms with van der Waals surface area (Å²) in [4.78, 5) is 5.03. The van der Waals surface area contributed by atoms with Gasteiger partial charge in [-0.1, -0.05) is 135 Å². The second-order valence-electron chi connectivity index (χ2n) is 23.4. The molecule has 2 aliphatic heterocycles. The predicted octanol–water partition coefficient (Wildman–Crippen LogP) is 16.5. The minimum Gasteiger partial charge on any atom is -0.381 e. The van der Waals surface area contributed by atoms with Crippen molar-refractivity contribution >= 4 is 44.3 Å². The molecule has 6 aromatic rings. The highest BCUT2D eigenvalue weighted by atomic mass is 16.5. The van der Waals surface area contributed by atoms with Gasteiger partial charge in [0, 0.05) is 95.1 Å². The largest absolute Gasteiger partial charge is 0.381 e. The van der Waals surface area contributed by atoms with Crippen molar-refractivity contribution < 1.29 is 28.4 Å². The van der Waals surface area contributed by atoms with Crippen molar-refractivity contribution in [3.05, 3.63) is 216 Å². The van der Waals surface area contributed by atoms with E-state index in [9.17, 15) is 0 Å². The molecular weight excluding hydrogens is 989 g/mol. The first kappa shape index (κ1) is 54.2. The van der Waals surface area contributed by atoms with E-state index in [0.717, 1.165) is 140 Å². The quantitative estimate of drug-likeness (QED) is 0.0451. The van der Waals surface area contributed by atoms with E-state index in [1.807, 2.05) is 0 Å². The Morgan fingerprint density at radius 2 is 0.812 bits per heavy atom. The topological polar surface area (TPSA) is 61.9 Å². The Hall–Kier alpha value is -6.36. The van der Waals surface area contributed by atoms with Gasteiger partial charge in [0.15, 0.2) is 0 Å². The third-order valence-corrected chi connectivity index (χ3v) is 18.0. The Bertz CT molecular complexity index is 3040. The van der Waals surface area contributed by atoms with Gasteiger partial charge < -0.3 is 38.2 Å². The Kier molecular flexibility index (Phi) is 17.1. The normalized spacial score (nSPS) is 21.0. The molecule has 2 heterocycles. The summed E-state index contributed by atoms with van der Waals surface area (Å²) in [5, 5.41) is 4.93. The maximum atomic E-state index is 6.25. The van der Waals surface area contributed by atoms with Gasteiger partial charge in [0.1, 0.15) is 0 Å². The summed E-state index contributed by atoms with van der Waals surface area (Å²) in [6.07, 6.45) is 28.0. The Morgan fingerprint density at radius 3 is 1.20 bits per heavy atom. The van der Waals surface area contributed by atoms with Crippen LogP contribution in [0.5, 0.6) is 0 Å². The third-order valence-electron chi connectivity index (χ3n) is 18.0. The third kappa shape index (κ3) is 11.9. The van der Waals surface area contributed by atoms with Crippen LogP contribution in [0.1, 0.15) is 76.3 Å². The summed E-state index contributed by atoms with van der Waals surface area (Å²) in [6, 6.07) is 49.4. The van der Waals surface area contributed by atoms with Crippen molar-refractivity contribution in [3.8, 4) is 0 Å². The standard InChI is InChI=1S/C72H80N2O6/c1-3-71(49-79-50-71)47-77-41-13-5-11-39-75-45-53-19-29-61(30-20-53)73(63-33-23-55-15-7-9-17-59(55)43-63)67-37-27-57-26-36-66-68(38-28-58-25-35-65(67)69(57)70(58)66)74(64-34-24-56-16-8-10-18-60(56)44-64)62-31-21-54(22-32-62)46-76-40-12-6-14-42-78-48-72(4-2)51-80-52-72/h7-10,15-38,43-44,65-66,69-70H,3-6,11-14,39-42,45-52H2,1-2H3. The van der Waals surface area contributed by atoms with Gasteiger partial charge in [-0.2, -0.15) is 0 Å². The molecule has 0 N–H and O–H groups in total.